The fraction of sp³-hybridized carbons (Fsp3) is 0.938. The first kappa shape index (κ1) is 17.5. The predicted molar refractivity (Wildman–Crippen MR) is 88.1 cm³/mol. The Morgan fingerprint density at radius 1 is 1.41 bits per heavy atom. The number of ether oxygens (including phenoxy) is 1. The maximum Gasteiger partial charge on any atom is 0.317 e. The highest BCUT2D eigenvalue weighted by Crippen LogP contribution is 2.17. The molecular weight excluding hydrogens is 280 g/mol. The Balaban J connectivity index is 1.71. The number of hydrogen-bond acceptors (Lipinski definition) is 4. The minimum absolute atomic E-state index is 0.0917. The summed E-state index contributed by atoms with van der Waals surface area (Å²) in [4.78, 5) is 18.9. The molecule has 3 atom stereocenters. The zero-order chi connectivity index (χ0) is 16.1. The molecule has 2 aliphatic rings. The number of urea groups is 1. The molecule has 0 spiro atoms. The van der Waals surface area contributed by atoms with E-state index in [0.717, 1.165) is 45.8 Å². The Kier molecular flexibility index (Phi) is 6.47. The molecule has 2 aliphatic heterocycles. The van der Waals surface area contributed by atoms with Gasteiger partial charge < -0.3 is 19.9 Å². The number of nitrogens with one attached hydrogen (secondary N) is 1. The summed E-state index contributed by atoms with van der Waals surface area (Å²) in [5.74, 6) is 0.609. The predicted octanol–water partition coefficient (Wildman–Crippen LogP) is 0.689. The van der Waals surface area contributed by atoms with E-state index in [9.17, 15) is 4.79 Å². The molecule has 0 aromatic heterocycles. The van der Waals surface area contributed by atoms with E-state index in [1.165, 1.54) is 0 Å². The molecule has 2 amide bonds. The van der Waals surface area contributed by atoms with Gasteiger partial charge in [0, 0.05) is 44.8 Å². The second-order valence-corrected chi connectivity index (χ2v) is 7.06. The molecular formula is C16H32N4O2. The molecule has 0 unspecified atom stereocenters. The topological polar surface area (TPSA) is 48.1 Å². The molecule has 1 N–H and O–H groups in total. The Hall–Kier alpha value is -0.850. The minimum Gasteiger partial charge on any atom is -0.379 e. The van der Waals surface area contributed by atoms with Crippen LogP contribution >= 0.6 is 0 Å². The molecule has 0 aliphatic carbocycles. The lowest BCUT2D eigenvalue weighted by Gasteiger charge is -2.38. The van der Waals surface area contributed by atoms with Crippen molar-refractivity contribution in [1.29, 1.82) is 0 Å². The van der Waals surface area contributed by atoms with Gasteiger partial charge in [-0.15, -0.1) is 0 Å². The summed E-state index contributed by atoms with van der Waals surface area (Å²) in [6.45, 7) is 10.4. The Morgan fingerprint density at radius 2 is 2.18 bits per heavy atom. The normalized spacial score (nSPS) is 28.1. The molecule has 6 heteroatoms. The number of hydrogen-bond donors (Lipinski definition) is 1. The van der Waals surface area contributed by atoms with Crippen molar-refractivity contribution in [3.05, 3.63) is 0 Å². The van der Waals surface area contributed by atoms with Gasteiger partial charge in [-0.25, -0.2) is 4.79 Å². The molecule has 0 aromatic rings. The van der Waals surface area contributed by atoms with E-state index in [4.69, 9.17) is 4.74 Å². The lowest BCUT2D eigenvalue weighted by molar-refractivity contribution is -0.0177. The van der Waals surface area contributed by atoms with E-state index < -0.39 is 0 Å². The van der Waals surface area contributed by atoms with Gasteiger partial charge in [0.25, 0.3) is 0 Å². The third-order valence-electron chi connectivity index (χ3n) is 4.73. The quantitative estimate of drug-likeness (QED) is 0.811. The van der Waals surface area contributed by atoms with E-state index in [1.807, 2.05) is 4.90 Å². The van der Waals surface area contributed by atoms with E-state index >= 15 is 0 Å². The molecule has 0 saturated carbocycles. The summed E-state index contributed by atoms with van der Waals surface area (Å²) in [6.07, 6.45) is 1.11. The van der Waals surface area contributed by atoms with Gasteiger partial charge >= 0.3 is 6.03 Å². The SMILES string of the molecule is C[C@H](CNC(=O)N1CC[C@@H](CN(C)C)C1)N1CCOC[C@H]1C. The van der Waals surface area contributed by atoms with Gasteiger partial charge in [-0.05, 0) is 40.3 Å². The second-order valence-electron chi connectivity index (χ2n) is 7.06. The molecule has 0 bridgehead atoms. The number of likely N-dealkylation sites (tertiary alicyclic amines) is 1. The largest absolute Gasteiger partial charge is 0.379 e. The summed E-state index contributed by atoms with van der Waals surface area (Å²) >= 11 is 0. The Labute approximate surface area is 134 Å². The van der Waals surface area contributed by atoms with Crippen LogP contribution in [0.25, 0.3) is 0 Å². The van der Waals surface area contributed by atoms with Gasteiger partial charge in [-0.2, -0.15) is 0 Å². The molecule has 2 saturated heterocycles. The van der Waals surface area contributed by atoms with Crippen molar-refractivity contribution in [3.63, 3.8) is 0 Å². The first-order chi connectivity index (χ1) is 10.5. The van der Waals surface area contributed by atoms with Crippen LogP contribution in [0.15, 0.2) is 0 Å². The number of rotatable bonds is 5. The number of morpholine rings is 1. The van der Waals surface area contributed by atoms with Crippen LogP contribution in [-0.2, 0) is 4.74 Å². The lowest BCUT2D eigenvalue weighted by atomic mass is 10.1. The van der Waals surface area contributed by atoms with Crippen molar-refractivity contribution in [3.8, 4) is 0 Å². The third kappa shape index (κ3) is 4.83. The summed E-state index contributed by atoms with van der Waals surface area (Å²) in [5.41, 5.74) is 0. The van der Waals surface area contributed by atoms with Gasteiger partial charge in [0.2, 0.25) is 0 Å². The van der Waals surface area contributed by atoms with Crippen LogP contribution in [0.4, 0.5) is 4.79 Å². The maximum atomic E-state index is 12.3. The average Bonchev–Trinajstić information content (AvgIpc) is 2.92. The van der Waals surface area contributed by atoms with Gasteiger partial charge in [0.1, 0.15) is 0 Å². The van der Waals surface area contributed by atoms with Gasteiger partial charge in [0.15, 0.2) is 0 Å². The van der Waals surface area contributed by atoms with Crippen molar-refractivity contribution in [1.82, 2.24) is 20.0 Å². The summed E-state index contributed by atoms with van der Waals surface area (Å²) in [7, 11) is 4.18. The molecule has 128 valence electrons. The molecule has 0 aromatic carbocycles. The minimum atomic E-state index is 0.0917. The van der Waals surface area contributed by atoms with Crippen molar-refractivity contribution in [2.75, 3.05) is 60.0 Å². The Morgan fingerprint density at radius 3 is 2.86 bits per heavy atom. The van der Waals surface area contributed by atoms with Crippen LogP contribution in [0.2, 0.25) is 0 Å². The number of carbonyl (C=O) groups excluding carboxylic acids is 1. The van der Waals surface area contributed by atoms with Crippen LogP contribution in [-0.4, -0.2) is 92.8 Å². The first-order valence-electron chi connectivity index (χ1n) is 8.48. The third-order valence-corrected chi connectivity index (χ3v) is 4.73. The smallest absolute Gasteiger partial charge is 0.317 e. The molecule has 6 nitrogen and oxygen atoms in total. The first-order valence-corrected chi connectivity index (χ1v) is 8.48. The van der Waals surface area contributed by atoms with Gasteiger partial charge in [-0.1, -0.05) is 0 Å². The van der Waals surface area contributed by atoms with Crippen LogP contribution in [0, 0.1) is 5.92 Å². The molecule has 2 heterocycles. The van der Waals surface area contributed by atoms with E-state index in [1.54, 1.807) is 0 Å². The second kappa shape index (κ2) is 8.13. The maximum absolute atomic E-state index is 12.3. The summed E-state index contributed by atoms with van der Waals surface area (Å²) in [6, 6.07) is 0.869. The highest BCUT2D eigenvalue weighted by molar-refractivity contribution is 5.74. The summed E-state index contributed by atoms with van der Waals surface area (Å²) in [5, 5.41) is 3.11. The average molecular weight is 312 g/mol. The lowest BCUT2D eigenvalue weighted by Crippen LogP contribution is -2.53. The molecule has 0 radical (unpaired) electrons. The highest BCUT2D eigenvalue weighted by Gasteiger charge is 2.28. The molecule has 2 fully saturated rings. The molecule has 22 heavy (non-hydrogen) atoms. The number of amides is 2. The molecule has 2 rings (SSSR count). The van der Waals surface area contributed by atoms with Gasteiger partial charge in [-0.3, -0.25) is 4.90 Å². The van der Waals surface area contributed by atoms with Gasteiger partial charge in [0.05, 0.1) is 13.2 Å². The standard InChI is InChI=1S/C16H32N4O2/c1-13(20-7-8-22-12-14(20)2)9-17-16(21)19-6-5-15(11-19)10-18(3)4/h13-15H,5-12H2,1-4H3,(H,17,21)/t13-,14-,15+/m1/s1. The van der Waals surface area contributed by atoms with Crippen LogP contribution in [0.3, 0.4) is 0 Å². The van der Waals surface area contributed by atoms with E-state index in [2.05, 4.69) is 43.1 Å². The van der Waals surface area contributed by atoms with Crippen molar-refractivity contribution >= 4 is 6.03 Å². The summed E-state index contributed by atoms with van der Waals surface area (Å²) < 4.78 is 5.47. The highest BCUT2D eigenvalue weighted by atomic mass is 16.5. The van der Waals surface area contributed by atoms with E-state index in [0.29, 0.717) is 24.5 Å². The number of carbonyl (C=O) groups is 1. The Bertz CT molecular complexity index is 364. The zero-order valence-electron chi connectivity index (χ0n) is 14.5. The van der Waals surface area contributed by atoms with Crippen LogP contribution < -0.4 is 5.32 Å². The van der Waals surface area contributed by atoms with Crippen LogP contribution in [0.1, 0.15) is 20.3 Å². The van der Waals surface area contributed by atoms with Crippen molar-refractivity contribution in [2.45, 2.75) is 32.4 Å². The van der Waals surface area contributed by atoms with Crippen molar-refractivity contribution < 1.29 is 9.53 Å². The van der Waals surface area contributed by atoms with Crippen molar-refractivity contribution in [2.24, 2.45) is 5.92 Å². The fourth-order valence-corrected chi connectivity index (χ4v) is 3.54. The van der Waals surface area contributed by atoms with E-state index in [-0.39, 0.29) is 6.03 Å². The van der Waals surface area contributed by atoms with Crippen LogP contribution in [0.5, 0.6) is 0 Å². The monoisotopic (exact) mass is 312 g/mol. The number of nitrogens with zero attached hydrogens (tertiary/aromatic N) is 3. The zero-order valence-corrected chi connectivity index (χ0v) is 14.5. The fourth-order valence-electron chi connectivity index (χ4n) is 3.54.